The van der Waals surface area contributed by atoms with Gasteiger partial charge >= 0.3 is 0 Å². The molecule has 28 heavy (non-hydrogen) atoms. The first kappa shape index (κ1) is 18.1. The van der Waals surface area contributed by atoms with E-state index in [9.17, 15) is 9.59 Å². The second-order valence-corrected chi connectivity index (χ2v) is 7.47. The van der Waals surface area contributed by atoms with E-state index in [1.54, 1.807) is 17.4 Å². The minimum Gasteiger partial charge on any atom is -0.326 e. The van der Waals surface area contributed by atoms with E-state index < -0.39 is 0 Å². The Labute approximate surface area is 165 Å². The monoisotopic (exact) mass is 390 g/mol. The lowest BCUT2D eigenvalue weighted by atomic mass is 10.1. The largest absolute Gasteiger partial charge is 0.326 e. The van der Waals surface area contributed by atoms with E-state index in [-0.39, 0.29) is 24.3 Å². The standard InChI is InChI=1S/C21H18N4O2S/c1-13-22-19(12-28-13)14-6-8-15(9-7-14)23-20(26)11-10-18-21(27)25-17-5-3-2-4-16(17)24-18/h2-9,12H,10-11H2,1H3,(H,23,26)(H,25,27). The van der Waals surface area contributed by atoms with Gasteiger partial charge in [0.25, 0.3) is 5.56 Å². The molecule has 1 amide bonds. The molecule has 0 saturated carbocycles. The minimum atomic E-state index is -0.255. The average Bonchev–Trinajstić information content (AvgIpc) is 3.13. The number of benzene rings is 2. The molecule has 0 spiro atoms. The van der Waals surface area contributed by atoms with E-state index in [0.29, 0.717) is 22.4 Å². The number of amides is 1. The van der Waals surface area contributed by atoms with Crippen LogP contribution in [0.15, 0.2) is 58.7 Å². The van der Waals surface area contributed by atoms with Gasteiger partial charge in [-0.3, -0.25) is 9.59 Å². The summed E-state index contributed by atoms with van der Waals surface area (Å²) in [4.78, 5) is 36.0. The van der Waals surface area contributed by atoms with Crippen molar-refractivity contribution in [1.82, 2.24) is 15.0 Å². The fraction of sp³-hybridized carbons (Fsp3) is 0.143. The Balaban J connectivity index is 1.39. The van der Waals surface area contributed by atoms with Gasteiger partial charge in [0.15, 0.2) is 0 Å². The van der Waals surface area contributed by atoms with Gasteiger partial charge in [-0.1, -0.05) is 24.3 Å². The maximum absolute atomic E-state index is 12.3. The zero-order chi connectivity index (χ0) is 19.5. The number of para-hydroxylation sites is 2. The highest BCUT2D eigenvalue weighted by atomic mass is 32.1. The number of fused-ring (bicyclic) bond motifs is 1. The number of hydrogen-bond acceptors (Lipinski definition) is 5. The molecule has 0 saturated heterocycles. The summed E-state index contributed by atoms with van der Waals surface area (Å²) in [5, 5.41) is 5.89. The molecule has 0 unspecified atom stereocenters. The number of aromatic nitrogens is 3. The van der Waals surface area contributed by atoms with E-state index in [0.717, 1.165) is 16.3 Å². The molecule has 7 heteroatoms. The van der Waals surface area contributed by atoms with Crippen molar-refractivity contribution in [3.8, 4) is 11.3 Å². The number of H-pyrrole nitrogens is 1. The van der Waals surface area contributed by atoms with Gasteiger partial charge in [0.1, 0.15) is 5.69 Å². The zero-order valence-electron chi connectivity index (χ0n) is 15.2. The van der Waals surface area contributed by atoms with Crippen LogP contribution in [0, 0.1) is 6.92 Å². The maximum atomic E-state index is 12.3. The van der Waals surface area contributed by atoms with E-state index in [4.69, 9.17) is 0 Å². The van der Waals surface area contributed by atoms with Gasteiger partial charge in [0.05, 0.1) is 21.7 Å². The van der Waals surface area contributed by atoms with Crippen LogP contribution in [0.5, 0.6) is 0 Å². The smallest absolute Gasteiger partial charge is 0.270 e. The molecule has 4 aromatic rings. The van der Waals surface area contributed by atoms with Crippen LogP contribution >= 0.6 is 11.3 Å². The minimum absolute atomic E-state index is 0.161. The lowest BCUT2D eigenvalue weighted by molar-refractivity contribution is -0.116. The number of aryl methyl sites for hydroxylation is 2. The molecular weight excluding hydrogens is 372 g/mol. The van der Waals surface area contributed by atoms with Crippen molar-refractivity contribution in [2.24, 2.45) is 0 Å². The Hall–Kier alpha value is -3.32. The number of thiazole rings is 1. The molecule has 2 N–H and O–H groups in total. The fourth-order valence-electron chi connectivity index (χ4n) is 2.91. The summed E-state index contributed by atoms with van der Waals surface area (Å²) in [7, 11) is 0. The van der Waals surface area contributed by atoms with Gasteiger partial charge in [-0.2, -0.15) is 0 Å². The lowest BCUT2D eigenvalue weighted by Gasteiger charge is -2.06. The molecule has 2 aromatic carbocycles. The molecule has 0 bridgehead atoms. The Morgan fingerprint density at radius 1 is 1.11 bits per heavy atom. The van der Waals surface area contributed by atoms with Crippen molar-refractivity contribution in [3.63, 3.8) is 0 Å². The predicted molar refractivity (Wildman–Crippen MR) is 112 cm³/mol. The second kappa shape index (κ2) is 7.74. The van der Waals surface area contributed by atoms with Crippen LogP contribution in [0.25, 0.3) is 22.3 Å². The Morgan fingerprint density at radius 3 is 2.64 bits per heavy atom. The van der Waals surface area contributed by atoms with E-state index in [2.05, 4.69) is 20.3 Å². The number of hydrogen-bond donors (Lipinski definition) is 2. The summed E-state index contributed by atoms with van der Waals surface area (Å²) in [5.41, 5.74) is 4.16. The van der Waals surface area contributed by atoms with Gasteiger partial charge in [-0.15, -0.1) is 11.3 Å². The molecule has 0 aliphatic rings. The fourth-order valence-corrected chi connectivity index (χ4v) is 3.53. The zero-order valence-corrected chi connectivity index (χ0v) is 16.0. The number of nitrogens with zero attached hydrogens (tertiary/aromatic N) is 2. The van der Waals surface area contributed by atoms with Crippen LogP contribution in [0.3, 0.4) is 0 Å². The van der Waals surface area contributed by atoms with Gasteiger partial charge in [-0.05, 0) is 31.2 Å². The van der Waals surface area contributed by atoms with E-state index in [1.165, 1.54) is 0 Å². The first-order valence-corrected chi connectivity index (χ1v) is 9.77. The third kappa shape index (κ3) is 3.99. The number of rotatable bonds is 5. The van der Waals surface area contributed by atoms with Crippen molar-refractivity contribution in [3.05, 3.63) is 75.0 Å². The third-order valence-electron chi connectivity index (χ3n) is 4.34. The third-order valence-corrected chi connectivity index (χ3v) is 5.12. The molecule has 0 aliphatic heterocycles. The van der Waals surface area contributed by atoms with Crippen molar-refractivity contribution in [1.29, 1.82) is 0 Å². The first-order chi connectivity index (χ1) is 13.6. The maximum Gasteiger partial charge on any atom is 0.270 e. The molecule has 2 aromatic heterocycles. The topological polar surface area (TPSA) is 87.7 Å². The van der Waals surface area contributed by atoms with Crippen molar-refractivity contribution in [2.45, 2.75) is 19.8 Å². The lowest BCUT2D eigenvalue weighted by Crippen LogP contribution is -2.19. The number of aromatic amines is 1. The number of carbonyl (C=O) groups excluding carboxylic acids is 1. The summed E-state index contributed by atoms with van der Waals surface area (Å²) in [6.07, 6.45) is 0.462. The van der Waals surface area contributed by atoms with E-state index in [1.807, 2.05) is 54.8 Å². The van der Waals surface area contributed by atoms with Crippen LogP contribution in [-0.4, -0.2) is 20.9 Å². The van der Waals surface area contributed by atoms with E-state index >= 15 is 0 Å². The quantitative estimate of drug-likeness (QED) is 0.540. The second-order valence-electron chi connectivity index (χ2n) is 6.41. The number of nitrogens with one attached hydrogen (secondary N) is 2. The van der Waals surface area contributed by atoms with Gasteiger partial charge in [0, 0.05) is 29.5 Å². The number of anilines is 1. The van der Waals surface area contributed by atoms with Crippen LogP contribution in [0.1, 0.15) is 17.1 Å². The molecule has 0 aliphatic carbocycles. The summed E-state index contributed by atoms with van der Waals surface area (Å²) in [6.45, 7) is 1.97. The molecule has 2 heterocycles. The Morgan fingerprint density at radius 2 is 1.89 bits per heavy atom. The van der Waals surface area contributed by atoms with Crippen LogP contribution in [-0.2, 0) is 11.2 Å². The molecule has 4 rings (SSSR count). The van der Waals surface area contributed by atoms with Crippen LogP contribution in [0.4, 0.5) is 5.69 Å². The highest BCUT2D eigenvalue weighted by Gasteiger charge is 2.09. The number of carbonyl (C=O) groups is 1. The first-order valence-electron chi connectivity index (χ1n) is 8.89. The van der Waals surface area contributed by atoms with Gasteiger partial charge in [0.2, 0.25) is 5.91 Å². The average molecular weight is 390 g/mol. The SMILES string of the molecule is Cc1nc(-c2ccc(NC(=O)CCc3nc4ccccc4[nH]c3=O)cc2)cs1. The molecule has 140 valence electrons. The van der Waals surface area contributed by atoms with Gasteiger partial charge in [-0.25, -0.2) is 9.97 Å². The van der Waals surface area contributed by atoms with Crippen molar-refractivity contribution >= 4 is 34.0 Å². The van der Waals surface area contributed by atoms with Crippen LogP contribution < -0.4 is 10.9 Å². The van der Waals surface area contributed by atoms with Gasteiger partial charge < -0.3 is 10.3 Å². The molecule has 0 fully saturated rings. The molecule has 0 atom stereocenters. The normalized spacial score (nSPS) is 10.9. The highest BCUT2D eigenvalue weighted by molar-refractivity contribution is 7.09. The predicted octanol–water partition coefficient (Wildman–Crippen LogP) is 3.93. The summed E-state index contributed by atoms with van der Waals surface area (Å²) in [5.74, 6) is -0.161. The highest BCUT2D eigenvalue weighted by Crippen LogP contribution is 2.23. The molecule has 0 radical (unpaired) electrons. The summed E-state index contributed by atoms with van der Waals surface area (Å²) < 4.78 is 0. The van der Waals surface area contributed by atoms with Crippen molar-refractivity contribution in [2.75, 3.05) is 5.32 Å². The van der Waals surface area contributed by atoms with Crippen molar-refractivity contribution < 1.29 is 4.79 Å². The van der Waals surface area contributed by atoms with Crippen LogP contribution in [0.2, 0.25) is 0 Å². The molecular formula is C21H18N4O2S. The Kier molecular flexibility index (Phi) is 4.99. The molecule has 6 nitrogen and oxygen atoms in total. The summed E-state index contributed by atoms with van der Waals surface area (Å²) >= 11 is 1.61. The Bertz CT molecular complexity index is 1190. The summed E-state index contributed by atoms with van der Waals surface area (Å²) in [6, 6.07) is 14.9.